The predicted octanol–water partition coefficient (Wildman–Crippen LogP) is 6.11. The zero-order valence-electron chi connectivity index (χ0n) is 20.7. The quantitative estimate of drug-likeness (QED) is 0.255. The summed E-state index contributed by atoms with van der Waals surface area (Å²) in [6.07, 6.45) is 3.36. The molecule has 0 spiro atoms. The number of amides is 1. The van der Waals surface area contributed by atoms with E-state index in [0.717, 1.165) is 54.0 Å². The molecule has 1 aliphatic heterocycles. The number of para-hydroxylation sites is 2. The maximum absolute atomic E-state index is 13.3. The largest absolute Gasteiger partial charge is 0.494 e. The van der Waals surface area contributed by atoms with Gasteiger partial charge in [-0.05, 0) is 66.8 Å². The molecule has 1 atom stereocenters. The van der Waals surface area contributed by atoms with Gasteiger partial charge in [-0.25, -0.2) is 9.37 Å². The summed E-state index contributed by atoms with van der Waals surface area (Å²) in [5.41, 5.74) is 4.31. The minimum absolute atomic E-state index is 0.0404. The number of aryl methyl sites for hydroxylation is 2. The van der Waals surface area contributed by atoms with Crippen LogP contribution in [0.15, 0.2) is 72.8 Å². The molecule has 5 rings (SSSR count). The van der Waals surface area contributed by atoms with E-state index in [4.69, 9.17) is 9.72 Å². The minimum Gasteiger partial charge on any atom is -0.494 e. The van der Waals surface area contributed by atoms with E-state index in [2.05, 4.69) is 29.7 Å². The van der Waals surface area contributed by atoms with Crippen molar-refractivity contribution in [1.29, 1.82) is 0 Å². The predicted molar refractivity (Wildman–Crippen MR) is 139 cm³/mol. The second-order valence-electron chi connectivity index (χ2n) is 9.47. The third-order valence-electron chi connectivity index (χ3n) is 6.93. The molecular formula is C30H32FN3O2. The number of likely N-dealkylation sites (tertiary alicyclic amines) is 1. The zero-order chi connectivity index (χ0) is 24.9. The highest BCUT2D eigenvalue weighted by Gasteiger charge is 2.33. The molecular weight excluding hydrogens is 453 g/mol. The Hall–Kier alpha value is -3.67. The van der Waals surface area contributed by atoms with Crippen molar-refractivity contribution in [2.75, 3.05) is 13.2 Å². The van der Waals surface area contributed by atoms with Gasteiger partial charge in [0.2, 0.25) is 5.91 Å². The number of fused-ring (bicyclic) bond motifs is 1. The van der Waals surface area contributed by atoms with E-state index in [1.807, 2.05) is 35.2 Å². The third kappa shape index (κ3) is 5.43. The minimum atomic E-state index is -0.266. The summed E-state index contributed by atoms with van der Waals surface area (Å²) in [5.74, 6) is 1.77. The molecule has 3 aromatic carbocycles. The van der Waals surface area contributed by atoms with Gasteiger partial charge in [0.05, 0.1) is 17.6 Å². The molecule has 5 nitrogen and oxygen atoms in total. The third-order valence-corrected chi connectivity index (χ3v) is 6.93. The van der Waals surface area contributed by atoms with Crippen molar-refractivity contribution in [2.24, 2.45) is 0 Å². The van der Waals surface area contributed by atoms with Gasteiger partial charge in [-0.3, -0.25) is 4.79 Å². The molecule has 0 aliphatic carbocycles. The second-order valence-corrected chi connectivity index (χ2v) is 9.47. The number of unbranched alkanes of at least 4 members (excludes halogenated alkanes) is 1. The van der Waals surface area contributed by atoms with Crippen LogP contribution in [0.2, 0.25) is 0 Å². The molecule has 6 heteroatoms. The number of hydrogen-bond donors (Lipinski definition) is 0. The Morgan fingerprint density at radius 2 is 1.72 bits per heavy atom. The number of hydrogen-bond acceptors (Lipinski definition) is 3. The van der Waals surface area contributed by atoms with E-state index in [-0.39, 0.29) is 17.6 Å². The second kappa shape index (κ2) is 10.9. The molecule has 1 fully saturated rings. The van der Waals surface area contributed by atoms with Crippen LogP contribution in [0.5, 0.6) is 5.75 Å². The van der Waals surface area contributed by atoms with Gasteiger partial charge in [-0.15, -0.1) is 0 Å². The van der Waals surface area contributed by atoms with Crippen molar-refractivity contribution >= 4 is 16.9 Å². The molecule has 2 heterocycles. The fraction of sp³-hybridized carbons (Fsp3) is 0.333. The molecule has 1 unspecified atom stereocenters. The highest BCUT2D eigenvalue weighted by molar-refractivity contribution is 5.81. The number of halogens is 1. The van der Waals surface area contributed by atoms with Gasteiger partial charge in [0.1, 0.15) is 17.4 Å². The van der Waals surface area contributed by atoms with Crippen molar-refractivity contribution < 1.29 is 13.9 Å². The van der Waals surface area contributed by atoms with Crippen molar-refractivity contribution in [2.45, 2.75) is 51.6 Å². The molecule has 1 aromatic heterocycles. The maximum atomic E-state index is 13.3. The average molecular weight is 486 g/mol. The lowest BCUT2D eigenvalue weighted by molar-refractivity contribution is -0.128. The number of carbonyl (C=O) groups is 1. The van der Waals surface area contributed by atoms with Crippen LogP contribution in [0.1, 0.15) is 49.1 Å². The smallest absolute Gasteiger partial charge is 0.223 e. The van der Waals surface area contributed by atoms with Gasteiger partial charge in [0.15, 0.2) is 0 Å². The van der Waals surface area contributed by atoms with E-state index in [1.54, 1.807) is 12.1 Å². The van der Waals surface area contributed by atoms with Crippen LogP contribution < -0.4 is 4.74 Å². The maximum Gasteiger partial charge on any atom is 0.223 e. The molecule has 1 aliphatic rings. The number of aromatic nitrogens is 2. The summed E-state index contributed by atoms with van der Waals surface area (Å²) in [6, 6.07) is 22.8. The van der Waals surface area contributed by atoms with E-state index in [0.29, 0.717) is 26.1 Å². The zero-order valence-corrected chi connectivity index (χ0v) is 20.7. The lowest BCUT2D eigenvalue weighted by Crippen LogP contribution is -2.24. The standard InChI is InChI=1S/C30H32FN3O2/c1-2-22-11-15-26(16-12-22)36-18-6-5-17-34-28-8-4-3-7-27(28)32-30(34)24-19-29(35)33(21-24)20-23-9-13-25(31)14-10-23/h3-4,7-16,24H,2,5-6,17-21H2,1H3. The van der Waals surface area contributed by atoms with Crippen molar-refractivity contribution in [3.8, 4) is 5.75 Å². The lowest BCUT2D eigenvalue weighted by Gasteiger charge is -2.17. The monoisotopic (exact) mass is 485 g/mol. The van der Waals surface area contributed by atoms with Crippen LogP contribution in [0, 0.1) is 5.82 Å². The van der Waals surface area contributed by atoms with E-state index >= 15 is 0 Å². The van der Waals surface area contributed by atoms with Crippen molar-refractivity contribution in [3.63, 3.8) is 0 Å². The number of ether oxygens (including phenoxy) is 1. The summed E-state index contributed by atoms with van der Waals surface area (Å²) in [6.45, 7) is 4.76. The van der Waals surface area contributed by atoms with Crippen LogP contribution in [0.3, 0.4) is 0 Å². The molecule has 0 saturated carbocycles. The molecule has 4 aromatic rings. The van der Waals surface area contributed by atoms with Crippen LogP contribution in [0.4, 0.5) is 4.39 Å². The SMILES string of the molecule is CCc1ccc(OCCCCn2c(C3CC(=O)N(Cc4ccc(F)cc4)C3)nc3ccccc32)cc1. The topological polar surface area (TPSA) is 47.4 Å². The van der Waals surface area contributed by atoms with E-state index < -0.39 is 0 Å². The molecule has 0 radical (unpaired) electrons. The molecule has 36 heavy (non-hydrogen) atoms. The summed E-state index contributed by atoms with van der Waals surface area (Å²) in [4.78, 5) is 19.6. The van der Waals surface area contributed by atoms with Gasteiger partial charge in [-0.1, -0.05) is 43.3 Å². The Morgan fingerprint density at radius 1 is 0.972 bits per heavy atom. The van der Waals surface area contributed by atoms with Gasteiger partial charge in [-0.2, -0.15) is 0 Å². The molecule has 186 valence electrons. The first-order chi connectivity index (χ1) is 17.6. The molecule has 0 bridgehead atoms. The summed E-state index contributed by atoms with van der Waals surface area (Å²) in [5, 5.41) is 0. The van der Waals surface area contributed by atoms with Gasteiger partial charge < -0.3 is 14.2 Å². The molecule has 0 N–H and O–H groups in total. The van der Waals surface area contributed by atoms with Crippen LogP contribution in [0.25, 0.3) is 11.0 Å². The first-order valence-corrected chi connectivity index (χ1v) is 12.8. The van der Waals surface area contributed by atoms with Crippen LogP contribution in [-0.2, 0) is 24.3 Å². The Bertz CT molecular complexity index is 1310. The summed E-state index contributed by atoms with van der Waals surface area (Å²) in [7, 11) is 0. The average Bonchev–Trinajstić information content (AvgIpc) is 3.45. The van der Waals surface area contributed by atoms with Crippen molar-refractivity contribution in [1.82, 2.24) is 14.5 Å². The molecule has 1 amide bonds. The van der Waals surface area contributed by atoms with Gasteiger partial charge in [0, 0.05) is 32.0 Å². The fourth-order valence-electron chi connectivity index (χ4n) is 4.93. The first-order valence-electron chi connectivity index (χ1n) is 12.8. The highest BCUT2D eigenvalue weighted by Crippen LogP contribution is 2.31. The van der Waals surface area contributed by atoms with E-state index in [9.17, 15) is 9.18 Å². The number of rotatable bonds is 10. The Labute approximate surface area is 211 Å². The lowest BCUT2D eigenvalue weighted by atomic mass is 10.1. The summed E-state index contributed by atoms with van der Waals surface area (Å²) >= 11 is 0. The van der Waals surface area contributed by atoms with Crippen LogP contribution >= 0.6 is 0 Å². The number of carbonyl (C=O) groups excluding carboxylic acids is 1. The highest BCUT2D eigenvalue weighted by atomic mass is 19.1. The Balaban J connectivity index is 1.23. The van der Waals surface area contributed by atoms with Gasteiger partial charge >= 0.3 is 0 Å². The molecule has 1 saturated heterocycles. The van der Waals surface area contributed by atoms with Crippen molar-refractivity contribution in [3.05, 3.63) is 95.6 Å². The number of nitrogens with zero attached hydrogens (tertiary/aromatic N) is 3. The fourth-order valence-corrected chi connectivity index (χ4v) is 4.93. The van der Waals surface area contributed by atoms with Crippen LogP contribution in [-0.4, -0.2) is 33.5 Å². The normalized spacial score (nSPS) is 15.7. The first kappa shape index (κ1) is 24.0. The van der Waals surface area contributed by atoms with Gasteiger partial charge in [0.25, 0.3) is 0 Å². The number of benzene rings is 3. The Kier molecular flexibility index (Phi) is 7.31. The Morgan fingerprint density at radius 3 is 2.50 bits per heavy atom. The number of imidazole rings is 1. The summed E-state index contributed by atoms with van der Waals surface area (Å²) < 4.78 is 21.5. The van der Waals surface area contributed by atoms with E-state index in [1.165, 1.54) is 17.7 Å².